The van der Waals surface area contributed by atoms with E-state index in [1.54, 1.807) is 13.8 Å². The molecule has 0 radical (unpaired) electrons. The van der Waals surface area contributed by atoms with Gasteiger partial charge in [-0.25, -0.2) is 0 Å². The van der Waals surface area contributed by atoms with Crippen molar-refractivity contribution < 1.29 is 14.4 Å². The maximum Gasteiger partial charge on any atom is 0.133 e. The highest BCUT2D eigenvalue weighted by Crippen LogP contribution is 2.28. The van der Waals surface area contributed by atoms with Crippen molar-refractivity contribution in [3.63, 3.8) is 0 Å². The fraction of sp³-hybridized carbons (Fsp3) is 0.923. The summed E-state index contributed by atoms with van der Waals surface area (Å²) >= 11 is 0. The van der Waals surface area contributed by atoms with E-state index in [-0.39, 0.29) is 0 Å². The van der Waals surface area contributed by atoms with Crippen LogP contribution in [0.4, 0.5) is 0 Å². The predicted molar refractivity (Wildman–Crippen MR) is 64.8 cm³/mol. The number of hydrogen-bond donors (Lipinski definition) is 0. The largest absolute Gasteiger partial charge is 0.544 e. The topological polar surface area (TPSA) is 40.1 Å². The van der Waals surface area contributed by atoms with E-state index in [9.17, 15) is 9.90 Å². The summed E-state index contributed by atoms with van der Waals surface area (Å²) in [4.78, 5) is 11.3. The van der Waals surface area contributed by atoms with Gasteiger partial charge >= 0.3 is 0 Å². The van der Waals surface area contributed by atoms with Crippen molar-refractivity contribution in [2.75, 3.05) is 14.1 Å². The van der Waals surface area contributed by atoms with Gasteiger partial charge in [0.2, 0.25) is 0 Å². The molecule has 0 aliphatic carbocycles. The molecule has 0 saturated carbocycles. The zero-order valence-corrected chi connectivity index (χ0v) is 11.7. The summed E-state index contributed by atoms with van der Waals surface area (Å²) in [6.45, 7) is 7.82. The Morgan fingerprint density at radius 1 is 1.19 bits per heavy atom. The lowest BCUT2D eigenvalue weighted by Gasteiger charge is -2.50. The Labute approximate surface area is 100 Å². The van der Waals surface area contributed by atoms with Crippen molar-refractivity contribution in [3.8, 4) is 0 Å². The number of likely N-dealkylation sites (N-methyl/N-ethyl adjacent to an activating group) is 1. The molecule has 0 unspecified atom stereocenters. The van der Waals surface area contributed by atoms with Gasteiger partial charge in [-0.05, 0) is 26.7 Å². The summed E-state index contributed by atoms with van der Waals surface area (Å²) in [5.41, 5.74) is -0.838. The van der Waals surface area contributed by atoms with E-state index < -0.39 is 11.5 Å². The number of carbonyl (C=O) groups excluding carboxylic acids is 1. The zero-order chi connectivity index (χ0) is 13.0. The third kappa shape index (κ3) is 2.97. The van der Waals surface area contributed by atoms with E-state index in [0.29, 0.717) is 10.5 Å². The number of aliphatic carboxylic acids is 1. The summed E-state index contributed by atoms with van der Waals surface area (Å²) in [7, 11) is 4.01. The molecule has 0 fully saturated rings. The Hall–Kier alpha value is -0.570. The Kier molecular flexibility index (Phi) is 5.47. The van der Waals surface area contributed by atoms with Crippen LogP contribution in [0.1, 0.15) is 53.4 Å². The fourth-order valence-corrected chi connectivity index (χ4v) is 2.15. The van der Waals surface area contributed by atoms with Crippen LogP contribution in [0.15, 0.2) is 0 Å². The van der Waals surface area contributed by atoms with Crippen LogP contribution in [0.5, 0.6) is 0 Å². The minimum atomic E-state index is -0.963. The molecule has 3 nitrogen and oxygen atoms in total. The molecule has 0 spiro atoms. The first-order valence-electron chi connectivity index (χ1n) is 6.27. The number of nitrogens with zero attached hydrogens (tertiary/aromatic N) is 1. The second-order valence-corrected chi connectivity index (χ2v) is 5.62. The number of carboxylic acids is 1. The van der Waals surface area contributed by atoms with E-state index in [2.05, 4.69) is 13.8 Å². The highest BCUT2D eigenvalue weighted by molar-refractivity contribution is 5.73. The maximum atomic E-state index is 11.3. The minimum Gasteiger partial charge on any atom is -0.544 e. The summed E-state index contributed by atoms with van der Waals surface area (Å²) in [6.07, 6.45) is 4.32. The van der Waals surface area contributed by atoms with Crippen LogP contribution in [0, 0.1) is 0 Å². The van der Waals surface area contributed by atoms with Gasteiger partial charge < -0.3 is 14.4 Å². The molecular weight excluding hydrogens is 202 g/mol. The van der Waals surface area contributed by atoms with Crippen LogP contribution >= 0.6 is 0 Å². The van der Waals surface area contributed by atoms with Gasteiger partial charge in [0.15, 0.2) is 0 Å². The summed E-state index contributed by atoms with van der Waals surface area (Å²) in [5, 5.41) is 11.3. The molecule has 3 heteroatoms. The van der Waals surface area contributed by atoms with Gasteiger partial charge in [0, 0.05) is 0 Å². The van der Waals surface area contributed by atoms with Crippen molar-refractivity contribution in [1.82, 2.24) is 0 Å². The van der Waals surface area contributed by atoms with Crippen molar-refractivity contribution in [2.24, 2.45) is 0 Å². The summed E-state index contributed by atoms with van der Waals surface area (Å²) < 4.78 is 0.497. The Morgan fingerprint density at radius 3 is 1.81 bits per heavy atom. The third-order valence-electron chi connectivity index (χ3n) is 4.10. The van der Waals surface area contributed by atoms with E-state index in [1.807, 2.05) is 14.1 Å². The number of rotatable bonds is 7. The van der Waals surface area contributed by atoms with Crippen LogP contribution in [0.25, 0.3) is 0 Å². The normalized spacial score (nSPS) is 13.2. The van der Waals surface area contributed by atoms with E-state index in [4.69, 9.17) is 0 Å². The van der Waals surface area contributed by atoms with Crippen molar-refractivity contribution in [3.05, 3.63) is 0 Å². The molecule has 0 aromatic heterocycles. The first-order valence-corrected chi connectivity index (χ1v) is 6.27. The molecular formula is C13H27NO2. The average molecular weight is 229 g/mol. The fourth-order valence-electron chi connectivity index (χ4n) is 2.15. The minimum absolute atomic E-state index is 0.392. The zero-order valence-electron chi connectivity index (χ0n) is 11.7. The van der Waals surface area contributed by atoms with Gasteiger partial charge in [0.25, 0.3) is 0 Å². The maximum absolute atomic E-state index is 11.3. The van der Waals surface area contributed by atoms with E-state index >= 15 is 0 Å². The molecule has 0 bridgehead atoms. The molecule has 0 aromatic rings. The molecule has 0 aromatic carbocycles. The van der Waals surface area contributed by atoms with Crippen LogP contribution in [-0.2, 0) is 4.79 Å². The standard InChI is InChI=1S/C13H27NO2/c1-7-9-11(10-8-2)14(5,6)13(3,4)12(15)16/h11H,7-10H2,1-6H3. The van der Waals surface area contributed by atoms with Gasteiger partial charge in [0.1, 0.15) is 11.5 Å². The first-order chi connectivity index (χ1) is 7.21. The van der Waals surface area contributed by atoms with Crippen molar-refractivity contribution in [2.45, 2.75) is 65.0 Å². The van der Waals surface area contributed by atoms with Crippen LogP contribution in [0.2, 0.25) is 0 Å². The predicted octanol–water partition coefficient (Wildman–Crippen LogP) is 1.56. The first kappa shape index (κ1) is 15.4. The van der Waals surface area contributed by atoms with Crippen molar-refractivity contribution >= 4 is 5.97 Å². The summed E-state index contributed by atoms with van der Waals surface area (Å²) in [6, 6.07) is 0.392. The quantitative estimate of drug-likeness (QED) is 0.622. The van der Waals surface area contributed by atoms with Gasteiger partial charge in [-0.1, -0.05) is 26.7 Å². The highest BCUT2D eigenvalue weighted by atomic mass is 16.4. The van der Waals surface area contributed by atoms with Crippen LogP contribution in [-0.4, -0.2) is 36.1 Å². The Bertz CT molecular complexity index is 228. The lowest BCUT2D eigenvalue weighted by molar-refractivity contribution is -0.953. The number of hydrogen-bond acceptors (Lipinski definition) is 2. The number of carbonyl (C=O) groups is 1. The molecule has 0 aliphatic rings. The molecule has 0 N–H and O–H groups in total. The second kappa shape index (κ2) is 5.67. The average Bonchev–Trinajstić information content (AvgIpc) is 2.16. The number of quaternary nitrogens is 1. The van der Waals surface area contributed by atoms with Gasteiger partial charge in [-0.2, -0.15) is 0 Å². The van der Waals surface area contributed by atoms with Crippen LogP contribution in [0.3, 0.4) is 0 Å². The highest BCUT2D eigenvalue weighted by Gasteiger charge is 2.42. The monoisotopic (exact) mass is 229 g/mol. The van der Waals surface area contributed by atoms with E-state index in [1.165, 1.54) is 0 Å². The van der Waals surface area contributed by atoms with E-state index in [0.717, 1.165) is 25.7 Å². The Morgan fingerprint density at radius 2 is 1.56 bits per heavy atom. The van der Waals surface area contributed by atoms with Crippen molar-refractivity contribution in [1.29, 1.82) is 0 Å². The smallest absolute Gasteiger partial charge is 0.133 e. The molecule has 0 atom stereocenters. The second-order valence-electron chi connectivity index (χ2n) is 5.62. The lowest BCUT2D eigenvalue weighted by Crippen LogP contribution is -2.68. The van der Waals surface area contributed by atoms with Gasteiger partial charge in [0.05, 0.1) is 20.1 Å². The molecule has 0 heterocycles. The molecule has 0 amide bonds. The third-order valence-corrected chi connectivity index (χ3v) is 4.10. The Balaban J connectivity index is 5.02. The molecule has 0 rings (SSSR count). The molecule has 0 aliphatic heterocycles. The van der Waals surface area contributed by atoms with Gasteiger partial charge in [-0.3, -0.25) is 0 Å². The SMILES string of the molecule is CCCC(CCC)[N+](C)(C)C(C)(C)C(=O)[O-]. The molecule has 96 valence electrons. The molecule has 16 heavy (non-hydrogen) atoms. The number of carboxylic acid groups (broad SMARTS) is 1. The van der Waals surface area contributed by atoms with Gasteiger partial charge in [-0.15, -0.1) is 0 Å². The lowest BCUT2D eigenvalue weighted by atomic mass is 9.93. The molecule has 0 saturated heterocycles. The van der Waals surface area contributed by atoms with Crippen LogP contribution < -0.4 is 5.11 Å². The summed E-state index contributed by atoms with van der Waals surface area (Å²) in [5.74, 6) is -0.963.